The largest absolute Gasteiger partial charge is 0.459 e. The van der Waals surface area contributed by atoms with E-state index in [-0.39, 0.29) is 0 Å². The van der Waals surface area contributed by atoms with Gasteiger partial charge in [-0.1, -0.05) is 0 Å². The van der Waals surface area contributed by atoms with E-state index in [0.717, 1.165) is 12.1 Å². The number of aromatic nitrogens is 4. The standard InChI is InChI=1S/C13H15N5O2/c1-17(7-10-6-14-18(2)8-10)9-12-15-16-13(20-12)11-4-3-5-19-11/h3-6,8H,7,9H2,1-2H3. The molecule has 0 unspecified atom stereocenters. The fourth-order valence-corrected chi connectivity index (χ4v) is 1.97. The Morgan fingerprint density at radius 2 is 2.20 bits per heavy atom. The molecular weight excluding hydrogens is 258 g/mol. The van der Waals surface area contributed by atoms with Crippen molar-refractivity contribution < 1.29 is 8.83 Å². The maximum absolute atomic E-state index is 5.56. The van der Waals surface area contributed by atoms with Gasteiger partial charge in [0, 0.05) is 25.4 Å². The van der Waals surface area contributed by atoms with Crippen molar-refractivity contribution in [2.45, 2.75) is 13.1 Å². The summed E-state index contributed by atoms with van der Waals surface area (Å²) in [6, 6.07) is 3.57. The van der Waals surface area contributed by atoms with Gasteiger partial charge < -0.3 is 8.83 Å². The minimum Gasteiger partial charge on any atom is -0.459 e. The van der Waals surface area contributed by atoms with Crippen molar-refractivity contribution in [3.8, 4) is 11.7 Å². The lowest BCUT2D eigenvalue weighted by Gasteiger charge is -2.12. The molecule has 0 aliphatic rings. The second-order valence-corrected chi connectivity index (χ2v) is 4.67. The van der Waals surface area contributed by atoms with Crippen LogP contribution in [0.4, 0.5) is 0 Å². The number of hydrogen-bond acceptors (Lipinski definition) is 6. The molecule has 0 aromatic carbocycles. The number of rotatable bonds is 5. The average molecular weight is 273 g/mol. The van der Waals surface area contributed by atoms with E-state index in [1.165, 1.54) is 0 Å². The number of hydrogen-bond donors (Lipinski definition) is 0. The Balaban J connectivity index is 1.63. The molecule has 3 aromatic heterocycles. The highest BCUT2D eigenvalue weighted by Gasteiger charge is 2.12. The SMILES string of the molecule is CN(Cc1cnn(C)c1)Cc1nnc(-c2ccco2)o1. The fourth-order valence-electron chi connectivity index (χ4n) is 1.97. The van der Waals surface area contributed by atoms with Crippen molar-refractivity contribution >= 4 is 0 Å². The minimum absolute atomic E-state index is 0.403. The van der Waals surface area contributed by atoms with E-state index in [1.807, 2.05) is 26.5 Å². The lowest BCUT2D eigenvalue weighted by Crippen LogP contribution is -2.17. The highest BCUT2D eigenvalue weighted by Crippen LogP contribution is 2.18. The van der Waals surface area contributed by atoms with Crippen LogP contribution in [0.15, 0.2) is 39.6 Å². The molecule has 0 saturated carbocycles. The number of furan rings is 1. The Labute approximate surface area is 115 Å². The van der Waals surface area contributed by atoms with Crippen molar-refractivity contribution in [2.75, 3.05) is 7.05 Å². The zero-order chi connectivity index (χ0) is 13.9. The molecule has 20 heavy (non-hydrogen) atoms. The van der Waals surface area contributed by atoms with Gasteiger partial charge in [0.05, 0.1) is 19.0 Å². The maximum Gasteiger partial charge on any atom is 0.283 e. The van der Waals surface area contributed by atoms with Crippen LogP contribution in [-0.2, 0) is 20.1 Å². The summed E-state index contributed by atoms with van der Waals surface area (Å²) in [7, 11) is 3.89. The Kier molecular flexibility index (Phi) is 3.34. The van der Waals surface area contributed by atoms with Crippen LogP contribution in [0.5, 0.6) is 0 Å². The first-order valence-corrected chi connectivity index (χ1v) is 6.23. The normalized spacial score (nSPS) is 11.3. The molecule has 0 aliphatic heterocycles. The van der Waals surface area contributed by atoms with E-state index < -0.39 is 0 Å². The number of aryl methyl sites for hydroxylation is 1. The van der Waals surface area contributed by atoms with Gasteiger partial charge in [0.1, 0.15) is 0 Å². The summed E-state index contributed by atoms with van der Waals surface area (Å²) in [5.41, 5.74) is 1.14. The van der Waals surface area contributed by atoms with Crippen LogP contribution in [0.1, 0.15) is 11.5 Å². The summed E-state index contributed by atoms with van der Waals surface area (Å²) >= 11 is 0. The lowest BCUT2D eigenvalue weighted by atomic mass is 10.3. The van der Waals surface area contributed by atoms with Crippen molar-refractivity contribution in [2.24, 2.45) is 7.05 Å². The highest BCUT2D eigenvalue weighted by molar-refractivity contribution is 5.42. The summed E-state index contributed by atoms with van der Waals surface area (Å²) in [4.78, 5) is 2.08. The van der Waals surface area contributed by atoms with E-state index in [4.69, 9.17) is 8.83 Å². The zero-order valence-electron chi connectivity index (χ0n) is 11.4. The first-order chi connectivity index (χ1) is 9.70. The summed E-state index contributed by atoms with van der Waals surface area (Å²) in [6.07, 6.45) is 5.41. The third-order valence-corrected chi connectivity index (χ3v) is 2.81. The molecule has 104 valence electrons. The molecule has 0 atom stereocenters. The van der Waals surface area contributed by atoms with Gasteiger partial charge in [-0.3, -0.25) is 9.58 Å². The van der Waals surface area contributed by atoms with Gasteiger partial charge in [0.15, 0.2) is 5.76 Å². The molecule has 0 radical (unpaired) electrons. The molecule has 7 heteroatoms. The molecule has 0 spiro atoms. The van der Waals surface area contributed by atoms with Crippen molar-refractivity contribution in [1.82, 2.24) is 24.9 Å². The van der Waals surface area contributed by atoms with Crippen LogP contribution in [0.3, 0.4) is 0 Å². The summed E-state index contributed by atoms with van der Waals surface area (Å²) in [5.74, 6) is 1.54. The Morgan fingerprint density at radius 3 is 2.90 bits per heavy atom. The van der Waals surface area contributed by atoms with Crippen molar-refractivity contribution in [1.29, 1.82) is 0 Å². The smallest absolute Gasteiger partial charge is 0.283 e. The van der Waals surface area contributed by atoms with E-state index in [1.54, 1.807) is 23.1 Å². The summed E-state index contributed by atoms with van der Waals surface area (Å²) < 4.78 is 12.6. The minimum atomic E-state index is 0.403. The van der Waals surface area contributed by atoms with Crippen LogP contribution in [0, 0.1) is 0 Å². The van der Waals surface area contributed by atoms with Crippen LogP contribution < -0.4 is 0 Å². The van der Waals surface area contributed by atoms with Crippen LogP contribution in [-0.4, -0.2) is 31.9 Å². The topological polar surface area (TPSA) is 73.1 Å². The predicted octanol–water partition coefficient (Wildman–Crippen LogP) is 1.70. The molecular formula is C13H15N5O2. The molecule has 0 fully saturated rings. The molecule has 0 bridgehead atoms. The second kappa shape index (κ2) is 5.30. The summed E-state index contributed by atoms with van der Waals surface area (Å²) in [6.45, 7) is 1.34. The van der Waals surface area contributed by atoms with E-state index in [9.17, 15) is 0 Å². The Bertz CT molecular complexity index is 671. The second-order valence-electron chi connectivity index (χ2n) is 4.67. The lowest BCUT2D eigenvalue weighted by molar-refractivity contribution is 0.282. The first kappa shape index (κ1) is 12.6. The molecule has 3 aromatic rings. The summed E-state index contributed by atoms with van der Waals surface area (Å²) in [5, 5.41) is 12.1. The molecule has 7 nitrogen and oxygen atoms in total. The third-order valence-electron chi connectivity index (χ3n) is 2.81. The average Bonchev–Trinajstić information content (AvgIpc) is 3.10. The van der Waals surface area contributed by atoms with Gasteiger partial charge >= 0.3 is 0 Å². The van der Waals surface area contributed by atoms with Crippen molar-refractivity contribution in [3.63, 3.8) is 0 Å². The molecule has 0 aliphatic carbocycles. The fraction of sp³-hybridized carbons (Fsp3) is 0.308. The maximum atomic E-state index is 5.56. The van der Waals surface area contributed by atoms with Gasteiger partial charge in [-0.05, 0) is 19.2 Å². The van der Waals surface area contributed by atoms with Gasteiger partial charge in [0.2, 0.25) is 5.89 Å². The molecule has 3 rings (SSSR count). The van der Waals surface area contributed by atoms with Gasteiger partial charge in [-0.2, -0.15) is 5.10 Å². The molecule has 0 amide bonds. The number of nitrogens with zero attached hydrogens (tertiary/aromatic N) is 5. The van der Waals surface area contributed by atoms with Gasteiger partial charge in [-0.15, -0.1) is 10.2 Å². The zero-order valence-corrected chi connectivity index (χ0v) is 11.4. The third kappa shape index (κ3) is 2.77. The van der Waals surface area contributed by atoms with Crippen molar-refractivity contribution in [3.05, 3.63) is 42.2 Å². The predicted molar refractivity (Wildman–Crippen MR) is 70.4 cm³/mol. The van der Waals surface area contributed by atoms with Crippen LogP contribution >= 0.6 is 0 Å². The highest BCUT2D eigenvalue weighted by atomic mass is 16.4. The van der Waals surface area contributed by atoms with Crippen LogP contribution in [0.2, 0.25) is 0 Å². The quantitative estimate of drug-likeness (QED) is 0.704. The molecule has 3 heterocycles. The Morgan fingerprint density at radius 1 is 1.30 bits per heavy atom. The molecule has 0 saturated heterocycles. The monoisotopic (exact) mass is 273 g/mol. The van der Waals surface area contributed by atoms with E-state index in [0.29, 0.717) is 24.1 Å². The first-order valence-electron chi connectivity index (χ1n) is 6.23. The van der Waals surface area contributed by atoms with E-state index >= 15 is 0 Å². The Hall–Kier alpha value is -2.41. The van der Waals surface area contributed by atoms with E-state index in [2.05, 4.69) is 20.2 Å². The van der Waals surface area contributed by atoms with Gasteiger partial charge in [0.25, 0.3) is 5.89 Å². The molecule has 0 N–H and O–H groups in total. The van der Waals surface area contributed by atoms with Crippen LogP contribution in [0.25, 0.3) is 11.7 Å². The van der Waals surface area contributed by atoms with Gasteiger partial charge in [-0.25, -0.2) is 0 Å².